The lowest BCUT2D eigenvalue weighted by Gasteiger charge is -2.12. The van der Waals surface area contributed by atoms with Crippen LogP contribution in [0.15, 0.2) is 64.8 Å². The van der Waals surface area contributed by atoms with Crippen molar-refractivity contribution in [1.82, 2.24) is 0 Å². The molecule has 0 bridgehead atoms. The summed E-state index contributed by atoms with van der Waals surface area (Å²) in [5, 5.41) is 0.300. The molecule has 0 saturated heterocycles. The maximum absolute atomic E-state index is 14.0. The first-order chi connectivity index (χ1) is 14.0. The fraction of sp³-hybridized carbons (Fsp3) is 0.0870. The molecule has 1 aliphatic heterocycles. The number of allylic oxidation sites excluding steroid dienone is 1. The highest BCUT2D eigenvalue weighted by atomic mass is 79.9. The molecule has 1 aliphatic rings. The van der Waals surface area contributed by atoms with Gasteiger partial charge in [-0.1, -0.05) is 51.8 Å². The number of rotatable bonds is 4. The van der Waals surface area contributed by atoms with E-state index in [9.17, 15) is 9.18 Å². The lowest BCUT2D eigenvalue weighted by Crippen LogP contribution is -2.01. The summed E-state index contributed by atoms with van der Waals surface area (Å²) in [5.74, 6) is 0.566. The van der Waals surface area contributed by atoms with Crippen LogP contribution in [0.2, 0.25) is 5.02 Å². The van der Waals surface area contributed by atoms with Crippen LogP contribution in [0.5, 0.6) is 11.5 Å². The average molecular weight is 474 g/mol. The van der Waals surface area contributed by atoms with E-state index in [0.29, 0.717) is 27.6 Å². The van der Waals surface area contributed by atoms with Gasteiger partial charge in [-0.25, -0.2) is 4.39 Å². The number of hydrogen-bond acceptors (Lipinski definition) is 3. The smallest absolute Gasteiger partial charge is 0.231 e. The maximum Gasteiger partial charge on any atom is 0.231 e. The minimum absolute atomic E-state index is 0.0290. The van der Waals surface area contributed by atoms with Gasteiger partial charge < -0.3 is 9.47 Å². The van der Waals surface area contributed by atoms with Gasteiger partial charge in [0.2, 0.25) is 5.78 Å². The maximum atomic E-state index is 14.0. The molecule has 6 heteroatoms. The average Bonchev–Trinajstić information content (AvgIpc) is 3.01. The Morgan fingerprint density at radius 2 is 1.93 bits per heavy atom. The molecule has 0 fully saturated rings. The fourth-order valence-corrected chi connectivity index (χ4v) is 3.69. The molecule has 3 aromatic carbocycles. The molecule has 0 amide bonds. The molecule has 0 saturated carbocycles. The number of halogens is 3. The van der Waals surface area contributed by atoms with Crippen LogP contribution in [0.25, 0.3) is 6.08 Å². The van der Waals surface area contributed by atoms with Crippen LogP contribution in [-0.2, 0) is 6.61 Å². The molecule has 4 rings (SSSR count). The predicted octanol–water partition coefficient (Wildman–Crippen LogP) is 6.75. The van der Waals surface area contributed by atoms with Gasteiger partial charge in [0.15, 0.2) is 5.76 Å². The van der Waals surface area contributed by atoms with E-state index in [1.165, 1.54) is 6.07 Å². The van der Waals surface area contributed by atoms with Crippen molar-refractivity contribution in [3.05, 3.63) is 97.9 Å². The number of carbonyl (C=O) groups is 1. The van der Waals surface area contributed by atoms with Gasteiger partial charge in [0.05, 0.1) is 10.6 Å². The van der Waals surface area contributed by atoms with Gasteiger partial charge in [0.25, 0.3) is 0 Å². The minimum Gasteiger partial charge on any atom is -0.488 e. The summed E-state index contributed by atoms with van der Waals surface area (Å²) in [6, 6.07) is 15.4. The minimum atomic E-state index is -0.429. The van der Waals surface area contributed by atoms with E-state index in [2.05, 4.69) is 15.9 Å². The Balaban J connectivity index is 1.61. The van der Waals surface area contributed by atoms with Crippen molar-refractivity contribution in [3.63, 3.8) is 0 Å². The van der Waals surface area contributed by atoms with Crippen LogP contribution < -0.4 is 9.47 Å². The van der Waals surface area contributed by atoms with E-state index in [-0.39, 0.29) is 23.7 Å². The summed E-state index contributed by atoms with van der Waals surface area (Å²) in [5.41, 5.74) is 2.25. The molecule has 0 atom stereocenters. The summed E-state index contributed by atoms with van der Waals surface area (Å²) in [6.45, 7) is 1.77. The van der Waals surface area contributed by atoms with E-state index < -0.39 is 5.82 Å². The number of hydrogen-bond donors (Lipinski definition) is 0. The summed E-state index contributed by atoms with van der Waals surface area (Å²) in [6.07, 6.45) is 1.70. The Labute approximate surface area is 180 Å². The standard InChI is InChI=1S/C23H15BrClFO3/c1-13-20(28-12-16-18(25)7-4-8-19(16)26)10-9-15-22(27)21(29-23(13)15)11-14-5-2-3-6-17(14)24/h2-11H,12H2,1H3/b21-11-. The van der Waals surface area contributed by atoms with Gasteiger partial charge in [-0.05, 0) is 48.9 Å². The van der Waals surface area contributed by atoms with Gasteiger partial charge in [0, 0.05) is 15.6 Å². The molecule has 0 aliphatic carbocycles. The largest absolute Gasteiger partial charge is 0.488 e. The van der Waals surface area contributed by atoms with E-state index in [1.807, 2.05) is 24.3 Å². The van der Waals surface area contributed by atoms with Crippen LogP contribution >= 0.6 is 27.5 Å². The molecule has 0 unspecified atom stereocenters. The van der Waals surface area contributed by atoms with Crippen molar-refractivity contribution in [2.45, 2.75) is 13.5 Å². The van der Waals surface area contributed by atoms with Crippen molar-refractivity contribution in [2.24, 2.45) is 0 Å². The number of fused-ring (bicyclic) bond motifs is 1. The number of benzene rings is 3. The molecule has 1 heterocycles. The molecular weight excluding hydrogens is 459 g/mol. The van der Waals surface area contributed by atoms with E-state index >= 15 is 0 Å². The van der Waals surface area contributed by atoms with Gasteiger partial charge in [-0.3, -0.25) is 4.79 Å². The quantitative estimate of drug-likeness (QED) is 0.393. The molecule has 29 heavy (non-hydrogen) atoms. The topological polar surface area (TPSA) is 35.5 Å². The highest BCUT2D eigenvalue weighted by Gasteiger charge is 2.30. The second-order valence-corrected chi connectivity index (χ2v) is 7.78. The first kappa shape index (κ1) is 19.7. The molecule has 3 aromatic rings. The van der Waals surface area contributed by atoms with Crippen molar-refractivity contribution >= 4 is 39.4 Å². The Kier molecular flexibility index (Phi) is 5.43. The molecule has 0 N–H and O–H groups in total. The summed E-state index contributed by atoms with van der Waals surface area (Å²) in [4.78, 5) is 12.7. The third kappa shape index (κ3) is 3.80. The summed E-state index contributed by atoms with van der Waals surface area (Å²) >= 11 is 9.52. The lowest BCUT2D eigenvalue weighted by molar-refractivity contribution is 0.101. The second-order valence-electron chi connectivity index (χ2n) is 6.52. The Morgan fingerprint density at radius 1 is 1.14 bits per heavy atom. The normalized spacial score (nSPS) is 14.1. The fourth-order valence-electron chi connectivity index (χ4n) is 3.08. The zero-order valence-corrected chi connectivity index (χ0v) is 17.7. The Hall–Kier alpha value is -2.63. The number of Topliss-reactive ketones (excluding diaryl/α,β-unsaturated/α-hetero) is 1. The Morgan fingerprint density at radius 3 is 2.69 bits per heavy atom. The zero-order chi connectivity index (χ0) is 20.5. The van der Waals surface area contributed by atoms with E-state index in [1.54, 1.807) is 37.3 Å². The highest BCUT2D eigenvalue weighted by molar-refractivity contribution is 9.10. The van der Waals surface area contributed by atoms with Gasteiger partial charge >= 0.3 is 0 Å². The van der Waals surface area contributed by atoms with E-state index in [0.717, 1.165) is 10.0 Å². The van der Waals surface area contributed by atoms with Gasteiger partial charge in [-0.15, -0.1) is 0 Å². The number of carbonyl (C=O) groups excluding carboxylic acids is 1. The van der Waals surface area contributed by atoms with Crippen LogP contribution in [-0.4, -0.2) is 5.78 Å². The lowest BCUT2D eigenvalue weighted by atomic mass is 10.1. The predicted molar refractivity (Wildman–Crippen MR) is 114 cm³/mol. The van der Waals surface area contributed by atoms with Gasteiger partial charge in [-0.2, -0.15) is 0 Å². The monoisotopic (exact) mass is 472 g/mol. The van der Waals surface area contributed by atoms with Crippen LogP contribution in [0.3, 0.4) is 0 Å². The Bertz CT molecular complexity index is 1140. The van der Waals surface area contributed by atoms with Gasteiger partial charge in [0.1, 0.15) is 23.9 Å². The van der Waals surface area contributed by atoms with Crippen molar-refractivity contribution in [2.75, 3.05) is 0 Å². The van der Waals surface area contributed by atoms with Crippen molar-refractivity contribution < 1.29 is 18.7 Å². The highest BCUT2D eigenvalue weighted by Crippen LogP contribution is 2.40. The third-order valence-electron chi connectivity index (χ3n) is 4.66. The summed E-state index contributed by atoms with van der Waals surface area (Å²) in [7, 11) is 0. The second kappa shape index (κ2) is 8.01. The number of ether oxygens (including phenoxy) is 2. The summed E-state index contributed by atoms with van der Waals surface area (Å²) < 4.78 is 26.5. The third-order valence-corrected chi connectivity index (χ3v) is 5.74. The zero-order valence-electron chi connectivity index (χ0n) is 15.3. The molecule has 0 aromatic heterocycles. The van der Waals surface area contributed by atoms with Crippen LogP contribution in [0, 0.1) is 12.7 Å². The molecular formula is C23H15BrClFO3. The van der Waals surface area contributed by atoms with Crippen LogP contribution in [0.1, 0.15) is 27.0 Å². The van der Waals surface area contributed by atoms with E-state index in [4.69, 9.17) is 21.1 Å². The molecule has 3 nitrogen and oxygen atoms in total. The SMILES string of the molecule is Cc1c(OCc2c(F)cccc2Cl)ccc2c1O/C(=C\c1ccccc1Br)C2=O. The van der Waals surface area contributed by atoms with Crippen molar-refractivity contribution in [1.29, 1.82) is 0 Å². The number of ketones is 1. The first-order valence-electron chi connectivity index (χ1n) is 8.84. The molecule has 0 spiro atoms. The first-order valence-corrected chi connectivity index (χ1v) is 10.0. The van der Waals surface area contributed by atoms with Crippen molar-refractivity contribution in [3.8, 4) is 11.5 Å². The van der Waals surface area contributed by atoms with Crippen LogP contribution in [0.4, 0.5) is 4.39 Å². The molecule has 146 valence electrons. The molecule has 0 radical (unpaired) electrons.